The number of piperidine rings is 1. The van der Waals surface area contributed by atoms with Gasteiger partial charge in [-0.25, -0.2) is 4.98 Å². The van der Waals surface area contributed by atoms with E-state index in [1.165, 1.54) is 44.5 Å². The maximum Gasteiger partial charge on any atom is 0.226 e. The molecule has 2 N–H and O–H groups in total. The van der Waals surface area contributed by atoms with Crippen LogP contribution in [0.4, 0.5) is 0 Å². The molecule has 1 aromatic heterocycles. The topological polar surface area (TPSA) is 65.7 Å². The first-order valence-electron chi connectivity index (χ1n) is 11.0. The van der Waals surface area contributed by atoms with Crippen LogP contribution in [0.15, 0.2) is 39.9 Å². The highest BCUT2D eigenvalue weighted by Crippen LogP contribution is 2.19. The molecule has 0 atom stereocenters. The third kappa shape index (κ3) is 7.58. The van der Waals surface area contributed by atoms with Crippen LogP contribution in [-0.2, 0) is 6.42 Å². The summed E-state index contributed by atoms with van der Waals surface area (Å²) in [6.07, 6.45) is 6.09. The van der Waals surface area contributed by atoms with Gasteiger partial charge in [0.2, 0.25) is 5.89 Å². The molecule has 6 nitrogen and oxygen atoms in total. The molecule has 1 aliphatic heterocycles. The highest BCUT2D eigenvalue weighted by molar-refractivity contribution is 14.0. The minimum absolute atomic E-state index is 0. The van der Waals surface area contributed by atoms with E-state index in [0.29, 0.717) is 18.5 Å². The summed E-state index contributed by atoms with van der Waals surface area (Å²) < 4.78 is 5.65. The molecule has 0 spiro atoms. The molecular weight excluding hydrogens is 489 g/mol. The van der Waals surface area contributed by atoms with Crippen LogP contribution in [0.5, 0.6) is 0 Å². The molecule has 2 heterocycles. The second-order valence-electron chi connectivity index (χ2n) is 7.78. The van der Waals surface area contributed by atoms with Crippen molar-refractivity contribution in [3.8, 4) is 11.5 Å². The Morgan fingerprint density at radius 1 is 1.20 bits per heavy atom. The Morgan fingerprint density at radius 2 is 1.93 bits per heavy atom. The fourth-order valence-corrected chi connectivity index (χ4v) is 3.66. The number of nitrogens with one attached hydrogen (secondary N) is 2. The van der Waals surface area contributed by atoms with Gasteiger partial charge in [0.25, 0.3) is 0 Å². The average Bonchev–Trinajstić information content (AvgIpc) is 3.19. The first-order valence-corrected chi connectivity index (χ1v) is 11.0. The highest BCUT2D eigenvalue weighted by Gasteiger charge is 2.19. The third-order valence-corrected chi connectivity index (χ3v) is 5.30. The average molecular weight is 525 g/mol. The molecule has 0 aliphatic carbocycles. The highest BCUT2D eigenvalue weighted by atomic mass is 127. The van der Waals surface area contributed by atoms with E-state index in [1.807, 2.05) is 12.1 Å². The molecule has 0 amide bonds. The van der Waals surface area contributed by atoms with Gasteiger partial charge < -0.3 is 20.0 Å². The Bertz CT molecular complexity index is 766. The van der Waals surface area contributed by atoms with E-state index in [1.54, 1.807) is 6.26 Å². The van der Waals surface area contributed by atoms with Crippen LogP contribution in [-0.4, -0.2) is 54.6 Å². The zero-order chi connectivity index (χ0) is 20.5. The quantitative estimate of drug-likeness (QED) is 0.307. The molecule has 3 rings (SSSR count). The van der Waals surface area contributed by atoms with Gasteiger partial charge >= 0.3 is 0 Å². The van der Waals surface area contributed by atoms with Crippen LogP contribution in [0.2, 0.25) is 0 Å². The first-order chi connectivity index (χ1) is 14.2. The molecule has 0 saturated carbocycles. The number of nitrogens with zero attached hydrogens (tertiary/aromatic N) is 3. The molecule has 1 aliphatic rings. The van der Waals surface area contributed by atoms with Crippen molar-refractivity contribution in [3.05, 3.63) is 41.8 Å². The molecule has 1 saturated heterocycles. The van der Waals surface area contributed by atoms with Crippen LogP contribution in [0.3, 0.4) is 0 Å². The number of oxazole rings is 1. The van der Waals surface area contributed by atoms with Gasteiger partial charge in [-0.3, -0.25) is 4.99 Å². The molecule has 0 unspecified atom stereocenters. The summed E-state index contributed by atoms with van der Waals surface area (Å²) in [6.45, 7) is 11.5. The van der Waals surface area contributed by atoms with Gasteiger partial charge in [-0.1, -0.05) is 24.6 Å². The number of hydrogen-bond acceptors (Lipinski definition) is 4. The molecule has 1 fully saturated rings. The summed E-state index contributed by atoms with van der Waals surface area (Å²) in [7, 11) is 0. The zero-order valence-corrected chi connectivity index (χ0v) is 20.8. The van der Waals surface area contributed by atoms with Crippen molar-refractivity contribution in [2.24, 2.45) is 4.99 Å². The molecule has 0 bridgehead atoms. The number of hydrogen-bond donors (Lipinski definition) is 2. The maximum atomic E-state index is 5.65. The maximum absolute atomic E-state index is 5.65. The number of aliphatic imine (C=N–C) groups is 1. The summed E-state index contributed by atoms with van der Waals surface area (Å²) in [5.41, 5.74) is 3.18. The number of guanidine groups is 1. The molecule has 166 valence electrons. The van der Waals surface area contributed by atoms with Crippen molar-refractivity contribution < 1.29 is 4.42 Å². The van der Waals surface area contributed by atoms with E-state index in [0.717, 1.165) is 30.2 Å². The minimum Gasteiger partial charge on any atom is -0.444 e. The van der Waals surface area contributed by atoms with Crippen LogP contribution < -0.4 is 10.6 Å². The van der Waals surface area contributed by atoms with Crippen LogP contribution >= 0.6 is 24.0 Å². The van der Waals surface area contributed by atoms with E-state index in [9.17, 15) is 0 Å². The predicted octanol–water partition coefficient (Wildman–Crippen LogP) is 4.24. The van der Waals surface area contributed by atoms with Gasteiger partial charge in [-0.05, 0) is 51.8 Å². The lowest BCUT2D eigenvalue weighted by atomic mass is 10.1. The van der Waals surface area contributed by atoms with Gasteiger partial charge in [0.1, 0.15) is 6.26 Å². The summed E-state index contributed by atoms with van der Waals surface area (Å²) in [5, 5.41) is 6.98. The largest absolute Gasteiger partial charge is 0.444 e. The zero-order valence-electron chi connectivity index (χ0n) is 18.5. The number of benzene rings is 1. The van der Waals surface area contributed by atoms with Crippen LogP contribution in [0, 0.1) is 6.92 Å². The van der Waals surface area contributed by atoms with Gasteiger partial charge in [-0.2, -0.15) is 0 Å². The normalized spacial score (nSPS) is 15.6. The van der Waals surface area contributed by atoms with E-state index < -0.39 is 0 Å². The van der Waals surface area contributed by atoms with Gasteiger partial charge in [0.05, 0.1) is 5.69 Å². The lowest BCUT2D eigenvalue weighted by molar-refractivity contribution is 0.206. The minimum atomic E-state index is 0. The monoisotopic (exact) mass is 525 g/mol. The third-order valence-electron chi connectivity index (χ3n) is 5.30. The molecule has 1 aromatic carbocycles. The Labute approximate surface area is 198 Å². The van der Waals surface area contributed by atoms with E-state index in [2.05, 4.69) is 53.4 Å². The van der Waals surface area contributed by atoms with Crippen molar-refractivity contribution in [2.45, 2.75) is 52.5 Å². The lowest BCUT2D eigenvalue weighted by Crippen LogP contribution is -2.48. The van der Waals surface area contributed by atoms with Crippen LogP contribution in [0.25, 0.3) is 11.5 Å². The molecule has 2 aromatic rings. The smallest absolute Gasteiger partial charge is 0.226 e. The van der Waals surface area contributed by atoms with Crippen molar-refractivity contribution in [2.75, 3.05) is 32.7 Å². The lowest BCUT2D eigenvalue weighted by Gasteiger charge is -2.32. The summed E-state index contributed by atoms with van der Waals surface area (Å²) in [6, 6.07) is 8.74. The Kier molecular flexibility index (Phi) is 10.6. The fourth-order valence-electron chi connectivity index (χ4n) is 3.66. The van der Waals surface area contributed by atoms with E-state index >= 15 is 0 Å². The number of aromatic nitrogens is 1. The predicted molar refractivity (Wildman–Crippen MR) is 135 cm³/mol. The summed E-state index contributed by atoms with van der Waals surface area (Å²) >= 11 is 0. The number of aryl methyl sites for hydroxylation is 1. The first kappa shape index (κ1) is 24.7. The Hall–Kier alpha value is -1.61. The van der Waals surface area contributed by atoms with Crippen molar-refractivity contribution in [3.63, 3.8) is 0 Å². The fraction of sp³-hybridized carbons (Fsp3) is 0.565. The number of likely N-dealkylation sites (tertiary alicyclic amines) is 1. The van der Waals surface area contributed by atoms with Crippen LogP contribution in [0.1, 0.15) is 44.4 Å². The second-order valence-corrected chi connectivity index (χ2v) is 7.78. The molecule has 30 heavy (non-hydrogen) atoms. The van der Waals surface area contributed by atoms with E-state index in [4.69, 9.17) is 9.41 Å². The Balaban J connectivity index is 0.00000320. The Morgan fingerprint density at radius 3 is 2.60 bits per heavy atom. The molecule has 0 radical (unpaired) electrons. The van der Waals surface area contributed by atoms with Crippen molar-refractivity contribution in [1.82, 2.24) is 20.5 Å². The summed E-state index contributed by atoms with van der Waals surface area (Å²) in [4.78, 5) is 11.9. The van der Waals surface area contributed by atoms with Gasteiger partial charge in [0, 0.05) is 44.2 Å². The van der Waals surface area contributed by atoms with Gasteiger partial charge in [0.15, 0.2) is 5.96 Å². The van der Waals surface area contributed by atoms with Crippen molar-refractivity contribution >= 4 is 29.9 Å². The number of rotatable bonds is 8. The van der Waals surface area contributed by atoms with E-state index in [-0.39, 0.29) is 24.0 Å². The second kappa shape index (κ2) is 12.9. The van der Waals surface area contributed by atoms with Gasteiger partial charge in [-0.15, -0.1) is 24.0 Å². The van der Waals surface area contributed by atoms with Crippen molar-refractivity contribution in [1.29, 1.82) is 0 Å². The standard InChI is InChI=1S/C23H35N5O.HI/c1-4-14-28-15-11-20(12-16-28)27-23(24-5-2)25-13-10-21-17-29-22(26-21)19-8-6-18(3)7-9-19;/h6-9,17,20H,4-5,10-16H2,1-3H3,(H2,24,25,27);1H. The summed E-state index contributed by atoms with van der Waals surface area (Å²) in [5.74, 6) is 1.58. The SMILES string of the molecule is CCCN1CCC(NC(=NCCc2coc(-c3ccc(C)cc3)n2)NCC)CC1.I. The number of halogens is 1. The molecule has 7 heteroatoms. The molecular formula is C23H36IN5O.